The number of piperidine rings is 1. The first-order valence-corrected chi connectivity index (χ1v) is 9.08. The van der Waals surface area contributed by atoms with E-state index in [9.17, 15) is 14.7 Å². The molecule has 25 heavy (non-hydrogen) atoms. The van der Waals surface area contributed by atoms with Crippen molar-refractivity contribution >= 4 is 11.8 Å². The average Bonchev–Trinajstić information content (AvgIpc) is 3.45. The van der Waals surface area contributed by atoms with E-state index in [4.69, 9.17) is 0 Å². The van der Waals surface area contributed by atoms with Crippen molar-refractivity contribution in [3.8, 4) is 0 Å². The molecule has 1 aromatic rings. The number of carbonyl (C=O) groups is 2. The minimum absolute atomic E-state index is 0.0344. The lowest BCUT2D eigenvalue weighted by atomic mass is 9.90. The number of carbonyl (C=O) groups excluding carboxylic acids is 2. The number of rotatable bonds is 6. The van der Waals surface area contributed by atoms with Crippen LogP contribution in [0.5, 0.6) is 0 Å². The van der Waals surface area contributed by atoms with E-state index in [1.165, 1.54) is 0 Å². The molecule has 6 nitrogen and oxygen atoms in total. The van der Waals surface area contributed by atoms with E-state index in [1.807, 2.05) is 24.3 Å². The quantitative estimate of drug-likeness (QED) is 0.715. The van der Waals surface area contributed by atoms with Gasteiger partial charge in [-0.2, -0.15) is 0 Å². The monoisotopic (exact) mass is 345 g/mol. The normalized spacial score (nSPS) is 20.1. The van der Waals surface area contributed by atoms with Gasteiger partial charge in [-0.1, -0.05) is 12.1 Å². The summed E-state index contributed by atoms with van der Waals surface area (Å²) in [6.07, 6.45) is 2.81. The van der Waals surface area contributed by atoms with Gasteiger partial charge in [-0.25, -0.2) is 0 Å². The summed E-state index contributed by atoms with van der Waals surface area (Å²) in [5, 5.41) is 15.8. The molecule has 1 saturated carbocycles. The molecule has 2 amide bonds. The Morgan fingerprint density at radius 2 is 1.96 bits per heavy atom. The number of aliphatic hydroxyl groups is 1. The SMILES string of the molecule is CNC(=O)c1cccc(CN2CCC([C@H](O)C(=O)NC3CC3)CC2)c1. The molecule has 2 aliphatic rings. The number of hydrogen-bond acceptors (Lipinski definition) is 4. The van der Waals surface area contributed by atoms with Crippen LogP contribution in [0.3, 0.4) is 0 Å². The Morgan fingerprint density at radius 1 is 1.24 bits per heavy atom. The van der Waals surface area contributed by atoms with Crippen LogP contribution in [-0.2, 0) is 11.3 Å². The molecule has 1 aromatic carbocycles. The molecule has 1 atom stereocenters. The Bertz CT molecular complexity index is 622. The van der Waals surface area contributed by atoms with E-state index in [2.05, 4.69) is 15.5 Å². The molecule has 3 rings (SSSR count). The van der Waals surface area contributed by atoms with Crippen molar-refractivity contribution in [3.05, 3.63) is 35.4 Å². The van der Waals surface area contributed by atoms with Crippen LogP contribution in [0.1, 0.15) is 41.6 Å². The third kappa shape index (κ3) is 4.80. The summed E-state index contributed by atoms with van der Waals surface area (Å²) in [6, 6.07) is 7.94. The van der Waals surface area contributed by atoms with Gasteiger partial charge >= 0.3 is 0 Å². The maximum absolute atomic E-state index is 12.0. The van der Waals surface area contributed by atoms with Crippen LogP contribution >= 0.6 is 0 Å². The Balaban J connectivity index is 1.49. The first-order valence-electron chi connectivity index (χ1n) is 9.08. The van der Waals surface area contributed by atoms with Crippen molar-refractivity contribution in [3.63, 3.8) is 0 Å². The number of aliphatic hydroxyl groups excluding tert-OH is 1. The van der Waals surface area contributed by atoms with Gasteiger partial charge in [0.2, 0.25) is 5.91 Å². The third-order valence-electron chi connectivity index (χ3n) is 5.09. The molecule has 0 spiro atoms. The summed E-state index contributed by atoms with van der Waals surface area (Å²) in [4.78, 5) is 26.0. The minimum Gasteiger partial charge on any atom is -0.383 e. The second kappa shape index (κ2) is 7.97. The van der Waals surface area contributed by atoms with E-state index < -0.39 is 6.10 Å². The van der Waals surface area contributed by atoms with Crippen LogP contribution in [0, 0.1) is 5.92 Å². The molecular formula is C19H27N3O3. The summed E-state index contributed by atoms with van der Waals surface area (Å²) >= 11 is 0. The molecule has 6 heteroatoms. The van der Waals surface area contributed by atoms with Gasteiger partial charge < -0.3 is 15.7 Å². The van der Waals surface area contributed by atoms with E-state index >= 15 is 0 Å². The Kier molecular flexibility index (Phi) is 5.71. The standard InChI is InChI=1S/C19H27N3O3/c1-20-18(24)15-4-2-3-13(11-15)12-22-9-7-14(8-10-22)17(23)19(25)21-16-5-6-16/h2-4,11,14,16-17,23H,5-10,12H2,1H3,(H,20,24)(H,21,25)/t17-/m0/s1. The Morgan fingerprint density at radius 3 is 2.60 bits per heavy atom. The van der Waals surface area contributed by atoms with E-state index in [0.717, 1.165) is 50.9 Å². The van der Waals surface area contributed by atoms with Gasteiger partial charge in [0, 0.05) is 25.2 Å². The average molecular weight is 345 g/mol. The van der Waals surface area contributed by atoms with Crippen molar-refractivity contribution in [2.75, 3.05) is 20.1 Å². The maximum atomic E-state index is 12.0. The highest BCUT2D eigenvalue weighted by atomic mass is 16.3. The van der Waals surface area contributed by atoms with Gasteiger partial charge in [0.1, 0.15) is 6.10 Å². The van der Waals surface area contributed by atoms with E-state index in [0.29, 0.717) is 5.56 Å². The van der Waals surface area contributed by atoms with Crippen LogP contribution in [0.4, 0.5) is 0 Å². The van der Waals surface area contributed by atoms with Crippen molar-refractivity contribution in [1.82, 2.24) is 15.5 Å². The zero-order valence-corrected chi connectivity index (χ0v) is 14.7. The maximum Gasteiger partial charge on any atom is 0.251 e. The molecule has 1 saturated heterocycles. The zero-order valence-electron chi connectivity index (χ0n) is 14.7. The zero-order chi connectivity index (χ0) is 17.8. The van der Waals surface area contributed by atoms with Crippen LogP contribution in [-0.4, -0.2) is 54.1 Å². The molecule has 1 heterocycles. The number of nitrogens with zero attached hydrogens (tertiary/aromatic N) is 1. The molecule has 0 radical (unpaired) electrons. The van der Waals surface area contributed by atoms with Crippen molar-refractivity contribution < 1.29 is 14.7 Å². The van der Waals surface area contributed by atoms with Gasteiger partial charge in [0.25, 0.3) is 5.91 Å². The highest BCUT2D eigenvalue weighted by Gasteiger charge is 2.32. The topological polar surface area (TPSA) is 81.7 Å². The summed E-state index contributed by atoms with van der Waals surface area (Å²) in [5.74, 6) is -0.253. The van der Waals surface area contributed by atoms with Crippen LogP contribution in [0.15, 0.2) is 24.3 Å². The van der Waals surface area contributed by atoms with Crippen LogP contribution < -0.4 is 10.6 Å². The first-order chi connectivity index (χ1) is 12.1. The number of benzene rings is 1. The smallest absolute Gasteiger partial charge is 0.251 e. The lowest BCUT2D eigenvalue weighted by Crippen LogP contribution is -2.44. The fourth-order valence-electron chi connectivity index (χ4n) is 3.37. The van der Waals surface area contributed by atoms with Gasteiger partial charge in [-0.15, -0.1) is 0 Å². The molecule has 3 N–H and O–H groups in total. The predicted molar refractivity (Wildman–Crippen MR) is 95.0 cm³/mol. The van der Waals surface area contributed by atoms with Crippen molar-refractivity contribution in [1.29, 1.82) is 0 Å². The third-order valence-corrected chi connectivity index (χ3v) is 5.09. The molecule has 0 bridgehead atoms. The molecule has 0 aromatic heterocycles. The highest BCUT2D eigenvalue weighted by Crippen LogP contribution is 2.24. The molecule has 1 aliphatic heterocycles. The fraction of sp³-hybridized carbons (Fsp3) is 0.579. The van der Waals surface area contributed by atoms with Crippen molar-refractivity contribution in [2.24, 2.45) is 5.92 Å². The summed E-state index contributed by atoms with van der Waals surface area (Å²) < 4.78 is 0. The van der Waals surface area contributed by atoms with Gasteiger partial charge in [-0.3, -0.25) is 14.5 Å². The lowest BCUT2D eigenvalue weighted by Gasteiger charge is -2.33. The fourth-order valence-corrected chi connectivity index (χ4v) is 3.37. The van der Waals surface area contributed by atoms with Crippen LogP contribution in [0.2, 0.25) is 0 Å². The number of likely N-dealkylation sites (tertiary alicyclic amines) is 1. The lowest BCUT2D eigenvalue weighted by molar-refractivity contribution is -0.133. The predicted octanol–water partition coefficient (Wildman–Crippen LogP) is 0.898. The van der Waals surface area contributed by atoms with Gasteiger partial charge in [0.05, 0.1) is 0 Å². The summed E-state index contributed by atoms with van der Waals surface area (Å²) in [6.45, 7) is 2.48. The van der Waals surface area contributed by atoms with Crippen LogP contribution in [0.25, 0.3) is 0 Å². The second-order valence-electron chi connectivity index (χ2n) is 7.12. The molecule has 0 unspecified atom stereocenters. The first kappa shape index (κ1) is 17.9. The Labute approximate surface area is 148 Å². The highest BCUT2D eigenvalue weighted by molar-refractivity contribution is 5.94. The van der Waals surface area contributed by atoms with Crippen molar-refractivity contribution in [2.45, 2.75) is 44.4 Å². The summed E-state index contributed by atoms with van der Waals surface area (Å²) in [7, 11) is 1.63. The van der Waals surface area contributed by atoms with Gasteiger partial charge in [0.15, 0.2) is 0 Å². The second-order valence-corrected chi connectivity index (χ2v) is 7.12. The number of amides is 2. The van der Waals surface area contributed by atoms with E-state index in [-0.39, 0.29) is 23.8 Å². The molecule has 2 fully saturated rings. The largest absolute Gasteiger partial charge is 0.383 e. The Hall–Kier alpha value is -1.92. The molecule has 136 valence electrons. The number of hydrogen-bond donors (Lipinski definition) is 3. The minimum atomic E-state index is -0.890. The van der Waals surface area contributed by atoms with Gasteiger partial charge in [-0.05, 0) is 62.4 Å². The number of nitrogens with one attached hydrogen (secondary N) is 2. The van der Waals surface area contributed by atoms with E-state index in [1.54, 1.807) is 7.05 Å². The molecular weight excluding hydrogens is 318 g/mol. The molecule has 1 aliphatic carbocycles. The summed E-state index contributed by atoms with van der Waals surface area (Å²) in [5.41, 5.74) is 1.77.